The van der Waals surface area contributed by atoms with E-state index < -0.39 is 0 Å². The van der Waals surface area contributed by atoms with Crippen LogP contribution in [-0.2, 0) is 9.53 Å². The third-order valence-electron chi connectivity index (χ3n) is 5.55. The van der Waals surface area contributed by atoms with Crippen molar-refractivity contribution in [1.82, 2.24) is 4.90 Å². The lowest BCUT2D eigenvalue weighted by atomic mass is 9.99. The number of carbonyl (C=O) groups excluding carboxylic acids is 1. The molecule has 2 aromatic carbocycles. The maximum atomic E-state index is 13.3. The van der Waals surface area contributed by atoms with Crippen molar-refractivity contribution in [3.8, 4) is 16.9 Å². The summed E-state index contributed by atoms with van der Waals surface area (Å²) in [5.41, 5.74) is 3.97. The Balaban J connectivity index is 1.71. The minimum absolute atomic E-state index is 0.0106. The second-order valence-corrected chi connectivity index (χ2v) is 8.03. The van der Waals surface area contributed by atoms with Crippen LogP contribution in [0.15, 0.2) is 53.2 Å². The lowest BCUT2D eigenvalue weighted by Crippen LogP contribution is -2.47. The van der Waals surface area contributed by atoms with Crippen molar-refractivity contribution in [2.24, 2.45) is 0 Å². The first-order valence-electron chi connectivity index (χ1n) is 10.3. The van der Waals surface area contributed by atoms with E-state index in [0.29, 0.717) is 24.4 Å². The van der Waals surface area contributed by atoms with Crippen molar-refractivity contribution in [3.63, 3.8) is 0 Å². The predicted octanol–water partition coefficient (Wildman–Crippen LogP) is 5.29. The molecule has 0 N–H and O–H groups in total. The van der Waals surface area contributed by atoms with E-state index in [-0.39, 0.29) is 23.9 Å². The second kappa shape index (κ2) is 8.55. The molecule has 0 bridgehead atoms. The smallest absolute Gasteiger partial charge is 0.247 e. The Morgan fingerprint density at radius 1 is 1.16 bits per heavy atom. The van der Waals surface area contributed by atoms with Crippen LogP contribution in [0.25, 0.3) is 27.7 Å². The number of fused-ring (bicyclic) bond motifs is 1. The summed E-state index contributed by atoms with van der Waals surface area (Å²) in [4.78, 5) is 14.7. The molecule has 0 saturated carbocycles. The summed E-state index contributed by atoms with van der Waals surface area (Å²) in [5, 5.41) is 0.872. The van der Waals surface area contributed by atoms with Gasteiger partial charge < -0.3 is 18.8 Å². The molecule has 162 valence electrons. The summed E-state index contributed by atoms with van der Waals surface area (Å²) in [5.74, 6) is 0.285. The SMILES string of the molecule is COc1cc2occ(-c3ccc(F)cc3)c2cc1/C(C)=C/C(=O)N1CC(C)OC(C)C1. The zero-order valence-electron chi connectivity index (χ0n) is 18.1. The average Bonchev–Trinajstić information content (AvgIpc) is 3.15. The minimum Gasteiger partial charge on any atom is -0.496 e. The number of hydrogen-bond donors (Lipinski definition) is 0. The van der Waals surface area contributed by atoms with E-state index >= 15 is 0 Å². The van der Waals surface area contributed by atoms with Crippen molar-refractivity contribution < 1.29 is 23.1 Å². The Labute approximate surface area is 181 Å². The Morgan fingerprint density at radius 2 is 1.84 bits per heavy atom. The van der Waals surface area contributed by atoms with E-state index in [4.69, 9.17) is 13.9 Å². The van der Waals surface area contributed by atoms with Gasteiger partial charge in [0.05, 0.1) is 25.6 Å². The van der Waals surface area contributed by atoms with Gasteiger partial charge >= 0.3 is 0 Å². The van der Waals surface area contributed by atoms with Crippen molar-refractivity contribution in [3.05, 3.63) is 60.1 Å². The van der Waals surface area contributed by atoms with Gasteiger partial charge in [-0.25, -0.2) is 4.39 Å². The van der Waals surface area contributed by atoms with Crippen molar-refractivity contribution >= 4 is 22.4 Å². The molecule has 3 aromatic rings. The second-order valence-electron chi connectivity index (χ2n) is 8.03. The molecule has 31 heavy (non-hydrogen) atoms. The lowest BCUT2D eigenvalue weighted by molar-refractivity contribution is -0.137. The highest BCUT2D eigenvalue weighted by molar-refractivity contribution is 6.00. The monoisotopic (exact) mass is 423 g/mol. The largest absolute Gasteiger partial charge is 0.496 e. The lowest BCUT2D eigenvalue weighted by Gasteiger charge is -2.34. The summed E-state index contributed by atoms with van der Waals surface area (Å²) >= 11 is 0. The highest BCUT2D eigenvalue weighted by atomic mass is 19.1. The van der Waals surface area contributed by atoms with Crippen LogP contribution in [0, 0.1) is 5.82 Å². The normalized spacial score (nSPS) is 19.6. The van der Waals surface area contributed by atoms with E-state index in [2.05, 4.69) is 0 Å². The molecule has 6 heteroatoms. The third kappa shape index (κ3) is 4.35. The number of benzene rings is 2. The average molecular weight is 423 g/mol. The summed E-state index contributed by atoms with van der Waals surface area (Å²) in [6.45, 7) is 6.98. The molecule has 1 aromatic heterocycles. The number of halogens is 1. The van der Waals surface area contributed by atoms with Crippen LogP contribution in [0.3, 0.4) is 0 Å². The molecular formula is C25H26FNO4. The number of carbonyl (C=O) groups is 1. The molecule has 1 amide bonds. The van der Waals surface area contributed by atoms with Crippen LogP contribution in [0.4, 0.5) is 4.39 Å². The van der Waals surface area contributed by atoms with Crippen molar-refractivity contribution in [2.75, 3.05) is 20.2 Å². The highest BCUT2D eigenvalue weighted by Gasteiger charge is 2.25. The molecule has 5 nitrogen and oxygen atoms in total. The first kappa shape index (κ1) is 21.1. The molecule has 1 aliphatic rings. The number of furan rings is 1. The van der Waals surface area contributed by atoms with Gasteiger partial charge in [0, 0.05) is 41.7 Å². The first-order valence-corrected chi connectivity index (χ1v) is 10.3. The quantitative estimate of drug-likeness (QED) is 0.536. The molecule has 1 saturated heterocycles. The zero-order valence-corrected chi connectivity index (χ0v) is 18.1. The Kier molecular flexibility index (Phi) is 5.83. The van der Waals surface area contributed by atoms with Gasteiger partial charge in [0.2, 0.25) is 5.91 Å². The minimum atomic E-state index is -0.289. The predicted molar refractivity (Wildman–Crippen MR) is 118 cm³/mol. The van der Waals surface area contributed by atoms with Crippen molar-refractivity contribution in [2.45, 2.75) is 33.0 Å². The fraction of sp³-hybridized carbons (Fsp3) is 0.320. The molecule has 2 unspecified atom stereocenters. The van der Waals surface area contributed by atoms with Crippen molar-refractivity contribution in [1.29, 1.82) is 0 Å². The molecule has 1 aliphatic heterocycles. The number of allylic oxidation sites excluding steroid dienone is 1. The van der Waals surface area contributed by atoms with Gasteiger partial charge in [-0.3, -0.25) is 4.79 Å². The highest BCUT2D eigenvalue weighted by Crippen LogP contribution is 2.37. The molecule has 2 heterocycles. The first-order chi connectivity index (χ1) is 14.9. The van der Waals surface area contributed by atoms with Crippen LogP contribution in [0.1, 0.15) is 26.3 Å². The van der Waals surface area contributed by atoms with Crippen LogP contribution >= 0.6 is 0 Å². The maximum absolute atomic E-state index is 13.3. The standard InChI is InChI=1S/C25H26FNO4/c1-15(9-25(28)27-12-16(2)31-17(3)13-27)20-10-21-22(18-5-7-19(26)8-6-18)14-30-24(21)11-23(20)29-4/h5-11,14,16-17H,12-13H2,1-4H3/b15-9+. The molecule has 1 fully saturated rings. The molecule has 0 radical (unpaired) electrons. The number of hydrogen-bond acceptors (Lipinski definition) is 4. The van der Waals surface area contributed by atoms with Crippen LogP contribution in [0.2, 0.25) is 0 Å². The summed E-state index contributed by atoms with van der Waals surface area (Å²) < 4.78 is 30.4. The Hall–Kier alpha value is -3.12. The number of morpholine rings is 1. The van der Waals surface area contributed by atoms with Gasteiger partial charge in [-0.2, -0.15) is 0 Å². The van der Waals surface area contributed by atoms with E-state index in [1.807, 2.05) is 37.8 Å². The molecule has 2 atom stereocenters. The summed E-state index contributed by atoms with van der Waals surface area (Å²) in [7, 11) is 1.59. The molecular weight excluding hydrogens is 397 g/mol. The van der Waals surface area contributed by atoms with Crippen LogP contribution in [0.5, 0.6) is 5.75 Å². The zero-order chi connectivity index (χ0) is 22.1. The fourth-order valence-corrected chi connectivity index (χ4v) is 4.10. The Morgan fingerprint density at radius 3 is 2.48 bits per heavy atom. The molecule has 4 rings (SSSR count). The van der Waals surface area contributed by atoms with Crippen LogP contribution in [-0.4, -0.2) is 43.2 Å². The van der Waals surface area contributed by atoms with Crippen LogP contribution < -0.4 is 4.74 Å². The number of nitrogens with zero attached hydrogens (tertiary/aromatic N) is 1. The van der Waals surface area contributed by atoms with E-state index in [0.717, 1.165) is 27.6 Å². The van der Waals surface area contributed by atoms with Gasteiger partial charge in [-0.1, -0.05) is 12.1 Å². The van der Waals surface area contributed by atoms with Gasteiger partial charge in [-0.05, 0) is 50.1 Å². The summed E-state index contributed by atoms with van der Waals surface area (Å²) in [6.07, 6.45) is 3.32. The van der Waals surface area contributed by atoms with Gasteiger partial charge in [-0.15, -0.1) is 0 Å². The van der Waals surface area contributed by atoms with E-state index in [1.54, 1.807) is 31.6 Å². The number of rotatable bonds is 4. The number of amides is 1. The van der Waals surface area contributed by atoms with E-state index in [9.17, 15) is 9.18 Å². The maximum Gasteiger partial charge on any atom is 0.247 e. The summed E-state index contributed by atoms with van der Waals surface area (Å²) in [6, 6.07) is 10.1. The number of methoxy groups -OCH3 is 1. The fourth-order valence-electron chi connectivity index (χ4n) is 4.10. The molecule has 0 aliphatic carbocycles. The topological polar surface area (TPSA) is 51.9 Å². The number of ether oxygens (including phenoxy) is 2. The van der Waals surface area contributed by atoms with Gasteiger partial charge in [0.1, 0.15) is 17.1 Å². The Bertz CT molecular complexity index is 1120. The van der Waals surface area contributed by atoms with Gasteiger partial charge in [0.15, 0.2) is 0 Å². The van der Waals surface area contributed by atoms with Gasteiger partial charge in [0.25, 0.3) is 0 Å². The molecule has 0 spiro atoms. The van der Waals surface area contributed by atoms with E-state index in [1.165, 1.54) is 12.1 Å². The third-order valence-corrected chi connectivity index (χ3v) is 5.55.